The zero-order chi connectivity index (χ0) is 102. The standard InChI is InChI=1S/C48H83N13O10.C46H88N10O7/c1-8-27(5)34(46(71)61-42(28(6)9-2)40(66)19-31(43(50)68)17-33-23-55-25-58-33)21-39(65)36(22-41(49)67)60-44(69)30(13-11-15-57-48(53)54)18-38(64)35(16-26(3)4)59-45(70)32(24-62)20-37(63)29(7)12-10-14-56-47(51)52;1-7-9-10-11-12-13-14-15-16-17-18-19-20-25-41(60)54-36(24-22-27-53-46(49)50)44(63)55-37(28-32(3)4)39(58)29-34(23-21-26-52-45(47)48)42(61)56-38(31-57)40(59)30-35(33(5)8-2)43(62)51-6/h23,25-32,34-36,42,62H,8-22,24H2,1-7H3,(H2,49,67)(H2,50,68)(H,55,58)(H,59,70)(H,60,69)(H,61,71)(H4,51,52,56)(H4,53,54,57);32-38,57H,7-31H2,1-6H3,(H,51,62)(H,54,60)(H,55,63)(H,56,61)(H4,47,48,52)(H4,49,50,53)/t27-,28-,29-,30+,31+,32-,34-,35-,36-,42-;33-,34+,35-,36-,37-,38-/m00/s1. The quantitative estimate of drug-likeness (QED) is 0.0249. The van der Waals surface area contributed by atoms with Crippen molar-refractivity contribution in [2.45, 2.75) is 344 Å². The fourth-order valence-corrected chi connectivity index (χ4v) is 15.5. The Morgan fingerprint density at radius 2 is 0.761 bits per heavy atom. The van der Waals surface area contributed by atoms with E-state index in [1.165, 1.54) is 77.4 Å². The third-order valence-electron chi connectivity index (χ3n) is 24.4. The van der Waals surface area contributed by atoms with Crippen LogP contribution in [-0.2, 0) is 78.3 Å². The summed E-state index contributed by atoms with van der Waals surface area (Å²) < 4.78 is 0. The molecule has 0 saturated heterocycles. The lowest BCUT2D eigenvalue weighted by Crippen LogP contribution is -2.52. The van der Waals surface area contributed by atoms with E-state index >= 15 is 0 Å². The van der Waals surface area contributed by atoms with Gasteiger partial charge in [-0.2, -0.15) is 0 Å². The van der Waals surface area contributed by atoms with Crippen LogP contribution in [0.5, 0.6) is 0 Å². The van der Waals surface area contributed by atoms with Gasteiger partial charge in [-0.05, 0) is 100 Å². The first-order chi connectivity index (χ1) is 63.3. The fourth-order valence-electron chi connectivity index (χ4n) is 15.5. The van der Waals surface area contributed by atoms with Gasteiger partial charge in [-0.1, -0.05) is 179 Å². The molecule has 0 bridgehead atoms. The van der Waals surface area contributed by atoms with Gasteiger partial charge in [0.05, 0.1) is 62.0 Å². The Morgan fingerprint density at radius 1 is 0.373 bits per heavy atom. The van der Waals surface area contributed by atoms with Gasteiger partial charge in [-0.3, -0.25) is 91.9 Å². The second-order valence-electron chi connectivity index (χ2n) is 36.8. The number of aliphatic hydroxyl groups is 2. The number of nitrogens with one attached hydrogen (secondary N) is 8. The molecule has 9 amide bonds. The zero-order valence-electron chi connectivity index (χ0n) is 82.6. The van der Waals surface area contributed by atoms with Crippen molar-refractivity contribution in [3.8, 4) is 0 Å². The molecule has 16 atom stereocenters. The van der Waals surface area contributed by atoms with Crippen LogP contribution in [0.15, 0.2) is 32.5 Å². The molecule has 0 aliphatic heterocycles. The number of imidazole rings is 1. The number of nitrogens with zero attached hydrogens (tertiary/aromatic N) is 5. The van der Waals surface area contributed by atoms with Gasteiger partial charge in [-0.15, -0.1) is 0 Å². The second-order valence-corrected chi connectivity index (χ2v) is 36.8. The van der Waals surface area contributed by atoms with Crippen molar-refractivity contribution in [2.75, 3.05) is 46.4 Å². The maximum atomic E-state index is 14.2. The Kier molecular flexibility index (Phi) is 65.5. The topological polar surface area (TPSA) is 719 Å². The molecular weight excluding hydrogens is 1720 g/mol. The van der Waals surface area contributed by atoms with E-state index in [0.29, 0.717) is 63.6 Å². The van der Waals surface area contributed by atoms with E-state index in [0.717, 1.165) is 19.3 Å². The first-order valence-corrected chi connectivity index (χ1v) is 48.5. The van der Waals surface area contributed by atoms with E-state index in [2.05, 4.69) is 74.1 Å². The van der Waals surface area contributed by atoms with Gasteiger partial charge in [0, 0.05) is 126 Å². The van der Waals surface area contributed by atoms with Gasteiger partial charge in [-0.25, -0.2) is 4.98 Å². The van der Waals surface area contributed by atoms with Crippen molar-refractivity contribution in [3.05, 3.63) is 18.2 Å². The van der Waals surface area contributed by atoms with Crippen LogP contribution in [-0.4, -0.2) is 215 Å². The van der Waals surface area contributed by atoms with Gasteiger partial charge < -0.3 is 110 Å². The molecule has 1 heterocycles. The maximum Gasteiger partial charge on any atom is 0.243 e. The fraction of sp³-hybridized carbons (Fsp3) is 0.766. The van der Waals surface area contributed by atoms with Crippen LogP contribution in [0.3, 0.4) is 0 Å². The number of aromatic amines is 1. The van der Waals surface area contributed by atoms with Crippen LogP contribution in [0.25, 0.3) is 0 Å². The molecule has 0 unspecified atom stereocenters. The number of H-pyrrole nitrogens is 1. The zero-order valence-corrected chi connectivity index (χ0v) is 82.6. The normalized spacial score (nSPS) is 14.8. The number of aliphatic imine (C=N–C) groups is 4. The molecule has 764 valence electrons. The van der Waals surface area contributed by atoms with Crippen LogP contribution in [0.4, 0.5) is 0 Å². The lowest BCUT2D eigenvalue weighted by molar-refractivity contribution is -0.137. The summed E-state index contributed by atoms with van der Waals surface area (Å²) in [6, 6.07) is -6.97. The predicted molar refractivity (Wildman–Crippen MR) is 520 cm³/mol. The van der Waals surface area contributed by atoms with Gasteiger partial charge >= 0.3 is 0 Å². The summed E-state index contributed by atoms with van der Waals surface area (Å²) >= 11 is 0. The summed E-state index contributed by atoms with van der Waals surface area (Å²) in [6.45, 7) is 21.7. The third kappa shape index (κ3) is 54.7. The van der Waals surface area contributed by atoms with E-state index in [1.54, 1.807) is 20.8 Å². The molecule has 0 saturated carbocycles. The average Bonchev–Trinajstić information content (AvgIpc) is 0.973. The number of Topliss-reactive ketones (excluding diaryl/α,β-unsaturated/α-hetero) is 6. The highest BCUT2D eigenvalue weighted by molar-refractivity contribution is 6.00. The number of nitrogens with two attached hydrogens (primary N) is 10. The molecule has 1 aromatic heterocycles. The molecule has 0 aliphatic rings. The summed E-state index contributed by atoms with van der Waals surface area (Å²) in [5.41, 5.74) is 55.6. The minimum atomic E-state index is -1.52. The van der Waals surface area contributed by atoms with Crippen LogP contribution in [0.1, 0.15) is 307 Å². The molecule has 134 heavy (non-hydrogen) atoms. The Labute approximate surface area is 794 Å². The molecule has 1 rings (SSSR count). The monoisotopic (exact) mass is 1890 g/mol. The number of hydrogen-bond acceptors (Lipinski definition) is 22. The number of guanidine groups is 4. The van der Waals surface area contributed by atoms with Crippen LogP contribution >= 0.6 is 0 Å². The average molecular weight is 1900 g/mol. The smallest absolute Gasteiger partial charge is 0.243 e. The molecule has 0 radical (unpaired) electrons. The number of carbonyl (C=O) groups excluding carboxylic acids is 15. The van der Waals surface area contributed by atoms with Gasteiger partial charge in [0.2, 0.25) is 53.2 Å². The highest BCUT2D eigenvalue weighted by Gasteiger charge is 2.40. The van der Waals surface area contributed by atoms with E-state index in [-0.39, 0.29) is 162 Å². The van der Waals surface area contributed by atoms with Crippen LogP contribution < -0.4 is 94.6 Å². The SMILES string of the molecule is CCCCCCCCCCCCCCCC(=O)N[C@@H](CCCN=C(N)N)C(=O)N[C@@H](CC(C)C)C(=O)C[C@@H](CCCN=C(N)N)C(=O)N[C@@H](CO)C(=O)C[C@H](C(=O)NC)[C@@H](C)CC.CC[C@H](C)[C@H](CC(=O)[C@H](CC(N)=O)NC(=O)[C@H](CCCN=C(N)N)CC(=O)[C@H](CC(C)C)NC(=O)[C@H](CO)CC(=O)[C@@H](C)CCCN=C(N)N)C(=O)N[C@H](C(=O)C[C@@H](Cc1cnc[nH]1)C(N)=O)[C@@H](C)CC. The van der Waals surface area contributed by atoms with Gasteiger partial charge in [0.1, 0.15) is 17.9 Å². The number of amides is 9. The number of aliphatic hydroxyl groups excluding tert-OH is 2. The first kappa shape index (κ1) is 123. The number of aromatic nitrogens is 2. The Bertz CT molecular complexity index is 3830. The molecule has 0 aliphatic carbocycles. The Morgan fingerprint density at radius 3 is 1.16 bits per heavy atom. The highest BCUT2D eigenvalue weighted by Crippen LogP contribution is 2.28. The molecule has 0 aromatic carbocycles. The summed E-state index contributed by atoms with van der Waals surface area (Å²) in [4.78, 5) is 226. The van der Waals surface area contributed by atoms with Crippen molar-refractivity contribution in [1.29, 1.82) is 0 Å². The highest BCUT2D eigenvalue weighted by atomic mass is 16.3. The van der Waals surface area contributed by atoms with Crippen LogP contribution in [0.2, 0.25) is 0 Å². The summed E-state index contributed by atoms with van der Waals surface area (Å²) in [6.07, 6.45) is 20.3. The summed E-state index contributed by atoms with van der Waals surface area (Å²) in [5, 5.41) is 39.4. The molecular formula is C94H171N23O17. The molecule has 40 nitrogen and oxygen atoms in total. The van der Waals surface area contributed by atoms with E-state index in [4.69, 9.17) is 57.3 Å². The number of carbonyl (C=O) groups is 15. The third-order valence-corrected chi connectivity index (χ3v) is 24.4. The largest absolute Gasteiger partial charge is 0.396 e. The van der Waals surface area contributed by atoms with E-state index in [9.17, 15) is 82.1 Å². The van der Waals surface area contributed by atoms with E-state index in [1.807, 2.05) is 55.4 Å². The van der Waals surface area contributed by atoms with Crippen molar-refractivity contribution < 1.29 is 82.1 Å². The number of hydrogen-bond donors (Lipinski definition) is 20. The number of rotatable bonds is 77. The number of unbranched alkanes of at least 4 members (excludes halogenated alkanes) is 12. The molecule has 0 fully saturated rings. The van der Waals surface area contributed by atoms with Crippen molar-refractivity contribution >= 4 is 112 Å². The van der Waals surface area contributed by atoms with Crippen LogP contribution in [0, 0.1) is 71.0 Å². The molecule has 30 N–H and O–H groups in total. The van der Waals surface area contributed by atoms with Crippen molar-refractivity contribution in [1.82, 2.24) is 47.2 Å². The van der Waals surface area contributed by atoms with E-state index < -0.39 is 186 Å². The predicted octanol–water partition coefficient (Wildman–Crippen LogP) is 3.95. The summed E-state index contributed by atoms with van der Waals surface area (Å²) in [5.74, 6) is -16.4. The molecule has 0 spiro atoms. The minimum absolute atomic E-state index is 0.0183. The Hall–Kier alpha value is -10.5. The van der Waals surface area contributed by atoms with Gasteiger partial charge in [0.15, 0.2) is 52.8 Å². The lowest BCUT2D eigenvalue weighted by atomic mass is 9.83. The first-order valence-electron chi connectivity index (χ1n) is 48.5. The van der Waals surface area contributed by atoms with Gasteiger partial charge in [0.25, 0.3) is 0 Å². The Balaban J connectivity index is 0.00000266. The summed E-state index contributed by atoms with van der Waals surface area (Å²) in [7, 11) is 1.49. The molecule has 40 heteroatoms. The van der Waals surface area contributed by atoms with Crippen molar-refractivity contribution in [2.24, 2.45) is 148 Å². The minimum Gasteiger partial charge on any atom is -0.396 e. The van der Waals surface area contributed by atoms with Crippen molar-refractivity contribution in [3.63, 3.8) is 0 Å². The lowest BCUT2D eigenvalue weighted by Gasteiger charge is -2.29. The number of ketones is 6. The second kappa shape index (κ2) is 71.0. The molecule has 1 aromatic rings. The number of primary amides is 2. The maximum absolute atomic E-state index is 14.2.